The maximum absolute atomic E-state index is 12.0. The number of hydrogen-bond donors (Lipinski definition) is 0. The summed E-state index contributed by atoms with van der Waals surface area (Å²) in [5, 5.41) is 0. The summed E-state index contributed by atoms with van der Waals surface area (Å²) >= 11 is 0. The summed E-state index contributed by atoms with van der Waals surface area (Å²) in [5.41, 5.74) is 0.945. The first-order valence-corrected chi connectivity index (χ1v) is 5.53. The van der Waals surface area contributed by atoms with E-state index in [0.29, 0.717) is 17.9 Å². The molecule has 84 valence electrons. The minimum Gasteiger partial charge on any atom is -0.295 e. The van der Waals surface area contributed by atoms with Gasteiger partial charge in [-0.15, -0.1) is 0 Å². The van der Waals surface area contributed by atoms with Crippen molar-refractivity contribution in [2.75, 3.05) is 0 Å². The van der Waals surface area contributed by atoms with Crippen LogP contribution >= 0.6 is 0 Å². The molecule has 0 bridgehead atoms. The summed E-state index contributed by atoms with van der Waals surface area (Å²) in [6.45, 7) is 9.63. The summed E-state index contributed by atoms with van der Waals surface area (Å²) < 4.78 is 0. The maximum Gasteiger partial charge on any atom is 0.165 e. The van der Waals surface area contributed by atoms with Crippen molar-refractivity contribution in [1.29, 1.82) is 0 Å². The zero-order chi connectivity index (χ0) is 11.8. The van der Waals surface area contributed by atoms with Gasteiger partial charge >= 0.3 is 0 Å². The van der Waals surface area contributed by atoms with E-state index in [-0.39, 0.29) is 11.6 Å². The van der Waals surface area contributed by atoms with E-state index in [2.05, 4.69) is 13.8 Å². The highest BCUT2D eigenvalue weighted by Gasteiger charge is 2.38. The lowest BCUT2D eigenvalue weighted by Crippen LogP contribution is -2.34. The van der Waals surface area contributed by atoms with Gasteiger partial charge in [0.05, 0.1) is 0 Å². The van der Waals surface area contributed by atoms with Gasteiger partial charge in [-0.05, 0) is 24.8 Å². The molecule has 0 N–H and O–H groups in total. The molecule has 2 heteroatoms. The van der Waals surface area contributed by atoms with Gasteiger partial charge in [0.15, 0.2) is 11.6 Å². The monoisotopic (exact) mass is 208 g/mol. The number of ketones is 2. The molecule has 15 heavy (non-hydrogen) atoms. The molecule has 0 unspecified atom stereocenters. The van der Waals surface area contributed by atoms with E-state index in [9.17, 15) is 9.59 Å². The van der Waals surface area contributed by atoms with E-state index in [1.54, 1.807) is 6.92 Å². The molecule has 0 saturated carbocycles. The molecule has 0 radical (unpaired) electrons. The standard InChI is InChI=1S/C13H20O2/c1-8(2)6-10-9(3)12(15)13(4,5)7-11(10)14/h8H,6-7H2,1-5H3. The Kier molecular flexibility index (Phi) is 3.17. The Morgan fingerprint density at radius 3 is 2.27 bits per heavy atom. The fraction of sp³-hybridized carbons (Fsp3) is 0.692. The van der Waals surface area contributed by atoms with Crippen molar-refractivity contribution in [2.45, 2.75) is 47.5 Å². The highest BCUT2D eigenvalue weighted by molar-refractivity contribution is 6.13. The van der Waals surface area contributed by atoms with Crippen molar-refractivity contribution in [3.63, 3.8) is 0 Å². The normalized spacial score (nSPS) is 21.5. The third-order valence-electron chi connectivity index (χ3n) is 2.96. The van der Waals surface area contributed by atoms with Crippen molar-refractivity contribution in [1.82, 2.24) is 0 Å². The number of carbonyl (C=O) groups excluding carboxylic acids is 2. The fourth-order valence-electron chi connectivity index (χ4n) is 2.12. The zero-order valence-corrected chi connectivity index (χ0v) is 10.3. The van der Waals surface area contributed by atoms with Crippen LogP contribution in [-0.4, -0.2) is 11.6 Å². The summed E-state index contributed by atoms with van der Waals surface area (Å²) in [7, 11) is 0. The lowest BCUT2D eigenvalue weighted by Gasteiger charge is -2.29. The molecule has 0 aromatic rings. The van der Waals surface area contributed by atoms with Gasteiger partial charge in [0.25, 0.3) is 0 Å². The van der Waals surface area contributed by atoms with Crippen LogP contribution < -0.4 is 0 Å². The number of hydrogen-bond acceptors (Lipinski definition) is 2. The first-order chi connectivity index (χ1) is 6.75. The SMILES string of the molecule is CC1=C(CC(C)C)C(=O)CC(C)(C)C1=O. The van der Waals surface area contributed by atoms with Crippen LogP contribution in [0.2, 0.25) is 0 Å². The van der Waals surface area contributed by atoms with Crippen LogP contribution in [0.1, 0.15) is 47.5 Å². The second kappa shape index (κ2) is 3.92. The average molecular weight is 208 g/mol. The lowest BCUT2D eigenvalue weighted by atomic mass is 9.71. The second-order valence-electron chi connectivity index (χ2n) is 5.51. The van der Waals surface area contributed by atoms with Crippen LogP contribution in [0.5, 0.6) is 0 Å². The molecule has 0 spiro atoms. The number of Topliss-reactive ketones (excluding diaryl/α,β-unsaturated/α-hetero) is 2. The molecular weight excluding hydrogens is 188 g/mol. The smallest absolute Gasteiger partial charge is 0.165 e. The molecule has 0 atom stereocenters. The van der Waals surface area contributed by atoms with Crippen LogP contribution in [0.25, 0.3) is 0 Å². The van der Waals surface area contributed by atoms with Crippen LogP contribution in [0.4, 0.5) is 0 Å². The quantitative estimate of drug-likeness (QED) is 0.699. The lowest BCUT2D eigenvalue weighted by molar-refractivity contribution is -0.130. The van der Waals surface area contributed by atoms with Gasteiger partial charge in [0.1, 0.15) is 0 Å². The molecule has 0 amide bonds. The second-order valence-corrected chi connectivity index (χ2v) is 5.51. The Hall–Kier alpha value is -0.920. The molecule has 2 nitrogen and oxygen atoms in total. The predicted octanol–water partition coefficient (Wildman–Crippen LogP) is 2.92. The number of allylic oxidation sites excluding steroid dienone is 2. The predicted molar refractivity (Wildman–Crippen MR) is 60.6 cm³/mol. The molecular formula is C13H20O2. The van der Waals surface area contributed by atoms with Crippen molar-refractivity contribution < 1.29 is 9.59 Å². The largest absolute Gasteiger partial charge is 0.295 e. The van der Waals surface area contributed by atoms with Crippen LogP contribution in [0.15, 0.2) is 11.1 Å². The van der Waals surface area contributed by atoms with Crippen molar-refractivity contribution in [3.8, 4) is 0 Å². The van der Waals surface area contributed by atoms with Gasteiger partial charge in [-0.2, -0.15) is 0 Å². The Morgan fingerprint density at radius 2 is 1.80 bits per heavy atom. The molecule has 0 aliphatic heterocycles. The molecule has 1 aliphatic carbocycles. The summed E-state index contributed by atoms with van der Waals surface area (Å²) in [6, 6.07) is 0. The van der Waals surface area contributed by atoms with E-state index in [1.807, 2.05) is 13.8 Å². The van der Waals surface area contributed by atoms with E-state index in [4.69, 9.17) is 0 Å². The molecule has 0 fully saturated rings. The molecule has 0 heterocycles. The first kappa shape index (κ1) is 12.2. The van der Waals surface area contributed by atoms with Crippen LogP contribution in [-0.2, 0) is 9.59 Å². The highest BCUT2D eigenvalue weighted by atomic mass is 16.1. The van der Waals surface area contributed by atoms with Crippen molar-refractivity contribution in [3.05, 3.63) is 11.1 Å². The molecule has 0 aromatic heterocycles. The first-order valence-electron chi connectivity index (χ1n) is 5.53. The van der Waals surface area contributed by atoms with Crippen molar-refractivity contribution in [2.24, 2.45) is 11.3 Å². The van der Waals surface area contributed by atoms with E-state index >= 15 is 0 Å². The fourth-order valence-corrected chi connectivity index (χ4v) is 2.12. The molecule has 1 rings (SSSR count). The summed E-state index contributed by atoms with van der Waals surface area (Å²) in [4.78, 5) is 23.9. The third-order valence-corrected chi connectivity index (χ3v) is 2.96. The minimum atomic E-state index is -0.498. The van der Waals surface area contributed by atoms with Gasteiger partial charge in [-0.3, -0.25) is 9.59 Å². The topological polar surface area (TPSA) is 34.1 Å². The Morgan fingerprint density at radius 1 is 1.27 bits per heavy atom. The highest BCUT2D eigenvalue weighted by Crippen LogP contribution is 2.35. The van der Waals surface area contributed by atoms with E-state index < -0.39 is 5.41 Å². The van der Waals surface area contributed by atoms with Crippen LogP contribution in [0, 0.1) is 11.3 Å². The van der Waals surface area contributed by atoms with Crippen molar-refractivity contribution >= 4 is 11.6 Å². The van der Waals surface area contributed by atoms with E-state index in [0.717, 1.165) is 12.0 Å². The Balaban J connectivity index is 3.09. The van der Waals surface area contributed by atoms with Gasteiger partial charge in [0, 0.05) is 17.4 Å². The third kappa shape index (κ3) is 2.36. The molecule has 1 aliphatic rings. The van der Waals surface area contributed by atoms with Gasteiger partial charge in [0.2, 0.25) is 0 Å². The van der Waals surface area contributed by atoms with E-state index in [1.165, 1.54) is 0 Å². The number of rotatable bonds is 2. The zero-order valence-electron chi connectivity index (χ0n) is 10.3. The summed E-state index contributed by atoms with van der Waals surface area (Å²) in [6.07, 6.45) is 1.09. The Bertz CT molecular complexity index is 332. The average Bonchev–Trinajstić information content (AvgIpc) is 2.08. The van der Waals surface area contributed by atoms with Gasteiger partial charge < -0.3 is 0 Å². The molecule has 0 saturated heterocycles. The van der Waals surface area contributed by atoms with Gasteiger partial charge in [-0.1, -0.05) is 27.7 Å². The molecule has 0 aromatic carbocycles. The maximum atomic E-state index is 12.0. The minimum absolute atomic E-state index is 0.137. The Labute approximate surface area is 91.7 Å². The number of carbonyl (C=O) groups is 2. The van der Waals surface area contributed by atoms with Crippen LogP contribution in [0.3, 0.4) is 0 Å². The van der Waals surface area contributed by atoms with Gasteiger partial charge in [-0.25, -0.2) is 0 Å². The summed E-state index contributed by atoms with van der Waals surface area (Å²) in [5.74, 6) is 0.719.